The second-order valence-electron chi connectivity index (χ2n) is 6.78. The maximum Gasteiger partial charge on any atom is 0.327 e. The van der Waals surface area contributed by atoms with E-state index in [4.69, 9.17) is 15.9 Å². The van der Waals surface area contributed by atoms with E-state index in [0.29, 0.717) is 5.56 Å². The first-order valence-corrected chi connectivity index (χ1v) is 10.7. The van der Waals surface area contributed by atoms with Crippen LogP contribution >= 0.6 is 25.3 Å². The Morgan fingerprint density at radius 2 is 1.34 bits per heavy atom. The summed E-state index contributed by atoms with van der Waals surface area (Å²) in [6.07, 6.45) is -0.772. The van der Waals surface area contributed by atoms with Gasteiger partial charge in [-0.05, 0) is 5.56 Å². The molecule has 176 valence electrons. The van der Waals surface area contributed by atoms with Crippen LogP contribution in [0, 0.1) is 0 Å². The molecule has 4 unspecified atom stereocenters. The first-order valence-electron chi connectivity index (χ1n) is 9.46. The molecule has 7 N–H and O–H groups in total. The van der Waals surface area contributed by atoms with Crippen molar-refractivity contribution in [1.29, 1.82) is 0 Å². The first-order chi connectivity index (χ1) is 15.1. The average Bonchev–Trinajstić information content (AvgIpc) is 2.75. The van der Waals surface area contributed by atoms with Gasteiger partial charge in [-0.2, -0.15) is 25.3 Å². The van der Waals surface area contributed by atoms with Gasteiger partial charge in [-0.15, -0.1) is 0 Å². The molecule has 0 aliphatic carbocycles. The Morgan fingerprint density at radius 3 is 1.84 bits per heavy atom. The Hall–Kier alpha value is -2.77. The SMILES string of the molecule is NC(CS)C(=O)NC(Cc1ccccc1)C(=O)NC(CC(=O)O)C(=O)NC(CS)C(=O)O. The van der Waals surface area contributed by atoms with E-state index in [1.54, 1.807) is 30.3 Å². The fraction of sp³-hybridized carbons (Fsp3) is 0.421. The molecule has 0 bridgehead atoms. The number of hydrogen-bond acceptors (Lipinski definition) is 8. The van der Waals surface area contributed by atoms with Crippen LogP contribution in [0.15, 0.2) is 30.3 Å². The normalized spacial score (nSPS) is 14.3. The van der Waals surface area contributed by atoms with Crippen LogP contribution in [-0.2, 0) is 30.4 Å². The second-order valence-corrected chi connectivity index (χ2v) is 7.51. The lowest BCUT2D eigenvalue weighted by Crippen LogP contribution is -2.58. The fourth-order valence-electron chi connectivity index (χ4n) is 2.53. The molecule has 11 nitrogen and oxygen atoms in total. The quantitative estimate of drug-likeness (QED) is 0.154. The summed E-state index contributed by atoms with van der Waals surface area (Å²) < 4.78 is 0. The summed E-state index contributed by atoms with van der Waals surface area (Å²) in [7, 11) is 0. The van der Waals surface area contributed by atoms with Crippen LogP contribution in [-0.4, -0.2) is 75.5 Å². The summed E-state index contributed by atoms with van der Waals surface area (Å²) in [5.74, 6) is -5.50. The Morgan fingerprint density at radius 1 is 0.812 bits per heavy atom. The number of rotatable bonds is 13. The van der Waals surface area contributed by atoms with Gasteiger partial charge in [0.25, 0.3) is 0 Å². The number of benzene rings is 1. The number of carbonyl (C=O) groups excluding carboxylic acids is 3. The minimum atomic E-state index is -1.59. The predicted octanol–water partition coefficient (Wildman–Crippen LogP) is -1.57. The number of carboxylic acid groups (broad SMARTS) is 2. The molecular weight excluding hydrogens is 460 g/mol. The lowest BCUT2D eigenvalue weighted by molar-refractivity contribution is -0.143. The van der Waals surface area contributed by atoms with Crippen LogP contribution in [0.3, 0.4) is 0 Å². The minimum absolute atomic E-state index is 0.0237. The highest BCUT2D eigenvalue weighted by molar-refractivity contribution is 7.80. The van der Waals surface area contributed by atoms with Crippen LogP contribution < -0.4 is 21.7 Å². The van der Waals surface area contributed by atoms with Gasteiger partial charge in [-0.3, -0.25) is 19.2 Å². The largest absolute Gasteiger partial charge is 0.481 e. The highest BCUT2D eigenvalue weighted by Crippen LogP contribution is 2.06. The van der Waals surface area contributed by atoms with Crippen molar-refractivity contribution in [2.45, 2.75) is 37.0 Å². The highest BCUT2D eigenvalue weighted by Gasteiger charge is 2.31. The Labute approximate surface area is 195 Å². The molecule has 0 heterocycles. The summed E-state index contributed by atoms with van der Waals surface area (Å²) in [6.45, 7) is 0. The van der Waals surface area contributed by atoms with Crippen molar-refractivity contribution in [2.75, 3.05) is 11.5 Å². The first kappa shape index (κ1) is 27.3. The highest BCUT2D eigenvalue weighted by atomic mass is 32.1. The second kappa shape index (κ2) is 13.6. The zero-order valence-electron chi connectivity index (χ0n) is 16.9. The molecule has 4 atom stereocenters. The number of carbonyl (C=O) groups is 5. The number of amides is 3. The molecule has 13 heteroatoms. The molecule has 0 aliphatic heterocycles. The molecule has 0 aromatic heterocycles. The molecule has 0 spiro atoms. The number of nitrogens with one attached hydrogen (secondary N) is 3. The molecule has 0 saturated heterocycles. The number of nitrogens with two attached hydrogens (primary N) is 1. The molecule has 32 heavy (non-hydrogen) atoms. The van der Waals surface area contributed by atoms with Gasteiger partial charge in [0, 0.05) is 17.9 Å². The van der Waals surface area contributed by atoms with E-state index >= 15 is 0 Å². The summed E-state index contributed by atoms with van der Waals surface area (Å²) in [5, 5.41) is 25.0. The molecule has 1 aromatic carbocycles. The summed E-state index contributed by atoms with van der Waals surface area (Å²) >= 11 is 7.77. The number of aliphatic carboxylic acids is 2. The van der Waals surface area contributed by atoms with Crippen molar-refractivity contribution in [1.82, 2.24) is 16.0 Å². The van der Waals surface area contributed by atoms with Crippen molar-refractivity contribution in [3.63, 3.8) is 0 Å². The van der Waals surface area contributed by atoms with Gasteiger partial charge in [0.05, 0.1) is 12.5 Å². The van der Waals surface area contributed by atoms with Crippen LogP contribution in [0.25, 0.3) is 0 Å². The van der Waals surface area contributed by atoms with Crippen LogP contribution in [0.4, 0.5) is 0 Å². The number of hydrogen-bond donors (Lipinski definition) is 8. The molecule has 1 rings (SSSR count). The van der Waals surface area contributed by atoms with Gasteiger partial charge in [-0.25, -0.2) is 4.79 Å². The Kier molecular flexibility index (Phi) is 11.6. The molecule has 1 aromatic rings. The van der Waals surface area contributed by atoms with E-state index in [-0.39, 0.29) is 17.9 Å². The minimum Gasteiger partial charge on any atom is -0.481 e. The smallest absolute Gasteiger partial charge is 0.327 e. The van der Waals surface area contributed by atoms with Crippen molar-refractivity contribution in [3.05, 3.63) is 35.9 Å². The zero-order valence-corrected chi connectivity index (χ0v) is 18.7. The van der Waals surface area contributed by atoms with Crippen molar-refractivity contribution in [3.8, 4) is 0 Å². The maximum atomic E-state index is 12.9. The molecule has 0 radical (unpaired) electrons. The van der Waals surface area contributed by atoms with Gasteiger partial charge >= 0.3 is 11.9 Å². The van der Waals surface area contributed by atoms with E-state index in [1.165, 1.54) is 0 Å². The Bertz CT molecular complexity index is 825. The van der Waals surface area contributed by atoms with Crippen molar-refractivity contribution >= 4 is 54.9 Å². The van der Waals surface area contributed by atoms with Gasteiger partial charge < -0.3 is 31.9 Å². The monoisotopic (exact) mass is 486 g/mol. The summed E-state index contributed by atoms with van der Waals surface area (Å²) in [5.41, 5.74) is 6.33. The predicted molar refractivity (Wildman–Crippen MR) is 122 cm³/mol. The van der Waals surface area contributed by atoms with Gasteiger partial charge in [0.15, 0.2) is 0 Å². The van der Waals surface area contributed by atoms with Crippen LogP contribution in [0.5, 0.6) is 0 Å². The van der Waals surface area contributed by atoms with E-state index in [1.807, 2.05) is 0 Å². The third-order valence-corrected chi connectivity index (χ3v) is 5.02. The molecular formula is C19H26N4O7S2. The number of thiol groups is 2. The van der Waals surface area contributed by atoms with Gasteiger partial charge in [-0.1, -0.05) is 30.3 Å². The maximum absolute atomic E-state index is 12.9. The van der Waals surface area contributed by atoms with E-state index in [2.05, 4.69) is 41.2 Å². The number of carboxylic acids is 2. The molecule has 0 aliphatic rings. The van der Waals surface area contributed by atoms with E-state index in [0.717, 1.165) is 0 Å². The lowest BCUT2D eigenvalue weighted by Gasteiger charge is -2.24. The van der Waals surface area contributed by atoms with E-state index in [9.17, 15) is 24.0 Å². The van der Waals surface area contributed by atoms with Crippen molar-refractivity contribution in [2.24, 2.45) is 5.73 Å². The van der Waals surface area contributed by atoms with E-state index < -0.39 is 60.2 Å². The summed E-state index contributed by atoms with van der Waals surface area (Å²) in [4.78, 5) is 59.9. The third kappa shape index (κ3) is 9.16. The third-order valence-electron chi connectivity index (χ3n) is 4.26. The Balaban J connectivity index is 3.06. The molecule has 0 saturated carbocycles. The topological polar surface area (TPSA) is 188 Å². The average molecular weight is 487 g/mol. The molecule has 0 fully saturated rings. The summed E-state index contributed by atoms with van der Waals surface area (Å²) in [6, 6.07) is 3.53. The van der Waals surface area contributed by atoms with Crippen molar-refractivity contribution < 1.29 is 34.2 Å². The van der Waals surface area contributed by atoms with Crippen LogP contribution in [0.1, 0.15) is 12.0 Å². The van der Waals surface area contributed by atoms with Crippen LogP contribution in [0.2, 0.25) is 0 Å². The fourth-order valence-corrected chi connectivity index (χ4v) is 2.95. The zero-order chi connectivity index (χ0) is 24.3. The van der Waals surface area contributed by atoms with Gasteiger partial charge in [0.1, 0.15) is 18.1 Å². The lowest BCUT2D eigenvalue weighted by atomic mass is 10.0. The standard InChI is InChI=1S/C19H26N4O7S2/c20-11(8-31)16(26)21-12(6-10-4-2-1-3-5-10)17(27)22-13(7-15(24)25)18(28)23-14(9-32)19(29)30/h1-5,11-14,31-32H,6-9,20H2,(H,21,26)(H,22,27)(H,23,28)(H,24,25)(H,29,30). The van der Waals surface area contributed by atoms with Gasteiger partial charge in [0.2, 0.25) is 17.7 Å². The molecule has 3 amide bonds.